The van der Waals surface area contributed by atoms with Crippen molar-refractivity contribution in [1.29, 1.82) is 0 Å². The van der Waals surface area contributed by atoms with Crippen LogP contribution in [0.4, 0.5) is 0 Å². The van der Waals surface area contributed by atoms with Gasteiger partial charge in [-0.25, -0.2) is 4.99 Å². The van der Waals surface area contributed by atoms with E-state index in [1.807, 2.05) is 25.1 Å². The molecule has 1 amide bonds. The number of ether oxygens (including phenoxy) is 2. The van der Waals surface area contributed by atoms with E-state index < -0.39 is 0 Å². The van der Waals surface area contributed by atoms with Crippen LogP contribution in [0.25, 0.3) is 0 Å². The maximum Gasteiger partial charge on any atom is 0.225 e. The van der Waals surface area contributed by atoms with Gasteiger partial charge in [-0.05, 0) is 50.8 Å². The molecule has 1 saturated heterocycles. The highest BCUT2D eigenvalue weighted by atomic mass is 127. The molecule has 0 aromatic heterocycles. The van der Waals surface area contributed by atoms with E-state index in [0.29, 0.717) is 19.1 Å². The van der Waals surface area contributed by atoms with Crippen LogP contribution in [0, 0.1) is 5.92 Å². The second-order valence-corrected chi connectivity index (χ2v) is 8.36. The summed E-state index contributed by atoms with van der Waals surface area (Å²) in [5.41, 5.74) is 1.06. The average molecular weight is 559 g/mol. The number of methoxy groups -OCH3 is 1. The molecule has 0 bridgehead atoms. The van der Waals surface area contributed by atoms with Gasteiger partial charge in [0.15, 0.2) is 17.5 Å². The van der Waals surface area contributed by atoms with Crippen molar-refractivity contribution in [3.8, 4) is 11.5 Å². The van der Waals surface area contributed by atoms with Gasteiger partial charge in [-0.3, -0.25) is 4.79 Å². The van der Waals surface area contributed by atoms with Crippen molar-refractivity contribution in [2.75, 3.05) is 33.4 Å². The zero-order valence-electron chi connectivity index (χ0n) is 19.7. The number of nitrogens with one attached hydrogen (secondary N) is 2. The Morgan fingerprint density at radius 2 is 1.94 bits per heavy atom. The van der Waals surface area contributed by atoms with Gasteiger partial charge in [-0.2, -0.15) is 0 Å². The fraction of sp³-hybridized carbons (Fsp3) is 0.667. The van der Waals surface area contributed by atoms with Gasteiger partial charge >= 0.3 is 0 Å². The van der Waals surface area contributed by atoms with Crippen molar-refractivity contribution in [2.24, 2.45) is 10.9 Å². The van der Waals surface area contributed by atoms with Crippen LogP contribution in [-0.2, 0) is 11.3 Å². The number of carbonyl (C=O) groups excluding carboxylic acids is 1. The van der Waals surface area contributed by atoms with Crippen LogP contribution < -0.4 is 20.1 Å². The third kappa shape index (κ3) is 7.42. The molecule has 3 rings (SSSR count). The van der Waals surface area contributed by atoms with Crippen LogP contribution in [0.15, 0.2) is 23.2 Å². The number of guanidine groups is 1. The zero-order valence-corrected chi connectivity index (χ0v) is 22.0. The first-order valence-electron chi connectivity index (χ1n) is 11.8. The number of likely N-dealkylation sites (tertiary alicyclic amines) is 1. The first kappa shape index (κ1) is 26.5. The van der Waals surface area contributed by atoms with Gasteiger partial charge in [0.1, 0.15) is 0 Å². The SMILES string of the molecule is CCNC(=NCc1ccc(OC)c(OCC)c1)NC1CCN(C(=O)C2CCCCC2)C1.I. The van der Waals surface area contributed by atoms with Crippen molar-refractivity contribution in [3.05, 3.63) is 23.8 Å². The fourth-order valence-corrected chi connectivity index (χ4v) is 4.46. The Balaban J connectivity index is 0.00000363. The summed E-state index contributed by atoms with van der Waals surface area (Å²) in [6.07, 6.45) is 6.74. The number of halogens is 1. The molecule has 0 spiro atoms. The number of carbonyl (C=O) groups is 1. The Morgan fingerprint density at radius 3 is 2.62 bits per heavy atom. The number of hydrogen-bond donors (Lipinski definition) is 2. The first-order valence-corrected chi connectivity index (χ1v) is 11.8. The molecule has 8 heteroatoms. The predicted molar refractivity (Wildman–Crippen MR) is 139 cm³/mol. The van der Waals surface area contributed by atoms with E-state index in [-0.39, 0.29) is 35.9 Å². The summed E-state index contributed by atoms with van der Waals surface area (Å²) < 4.78 is 11.0. The Kier molecular flexibility index (Phi) is 11.4. The van der Waals surface area contributed by atoms with E-state index in [1.54, 1.807) is 7.11 Å². The van der Waals surface area contributed by atoms with Crippen molar-refractivity contribution in [1.82, 2.24) is 15.5 Å². The normalized spacial score (nSPS) is 19.3. The Hall–Kier alpha value is -1.71. The maximum atomic E-state index is 12.8. The van der Waals surface area contributed by atoms with Crippen LogP contribution >= 0.6 is 24.0 Å². The monoisotopic (exact) mass is 558 g/mol. The highest BCUT2D eigenvalue weighted by Crippen LogP contribution is 2.28. The summed E-state index contributed by atoms with van der Waals surface area (Å²) in [4.78, 5) is 19.6. The third-order valence-corrected chi connectivity index (χ3v) is 6.09. The molecule has 1 heterocycles. The Morgan fingerprint density at radius 1 is 1.16 bits per heavy atom. The van der Waals surface area contributed by atoms with E-state index in [2.05, 4.69) is 22.5 Å². The van der Waals surface area contributed by atoms with Gasteiger partial charge in [0.2, 0.25) is 5.91 Å². The minimum absolute atomic E-state index is 0. The lowest BCUT2D eigenvalue weighted by atomic mass is 9.88. The standard InChI is InChI=1S/C24H38N4O3.HI/c1-4-25-24(26-16-18-11-12-21(30-3)22(15-18)31-5-2)27-20-13-14-28(17-20)23(29)19-9-7-6-8-10-19;/h11-12,15,19-20H,4-10,13-14,16-17H2,1-3H3,(H2,25,26,27);1H. The van der Waals surface area contributed by atoms with Crippen LogP contribution in [0.1, 0.15) is 57.9 Å². The quantitative estimate of drug-likeness (QED) is 0.287. The summed E-state index contributed by atoms with van der Waals surface area (Å²) in [6, 6.07) is 6.15. The molecule has 1 unspecified atom stereocenters. The predicted octanol–water partition coefficient (Wildman–Crippen LogP) is 3.95. The van der Waals surface area contributed by atoms with Gasteiger partial charge in [-0.1, -0.05) is 25.3 Å². The molecule has 1 atom stereocenters. The average Bonchev–Trinajstić information content (AvgIpc) is 3.26. The largest absolute Gasteiger partial charge is 0.493 e. The fourth-order valence-electron chi connectivity index (χ4n) is 4.46. The summed E-state index contributed by atoms with van der Waals surface area (Å²) in [6.45, 7) is 7.53. The zero-order chi connectivity index (χ0) is 22.1. The first-order chi connectivity index (χ1) is 15.1. The number of hydrogen-bond acceptors (Lipinski definition) is 4. The van der Waals surface area contributed by atoms with Crippen LogP contribution in [0.5, 0.6) is 11.5 Å². The van der Waals surface area contributed by atoms with Crippen molar-refractivity contribution >= 4 is 35.8 Å². The summed E-state index contributed by atoms with van der Waals surface area (Å²) >= 11 is 0. The molecule has 0 radical (unpaired) electrons. The molecule has 2 N–H and O–H groups in total. The van der Waals surface area contributed by atoms with Gasteiger partial charge in [-0.15, -0.1) is 24.0 Å². The highest BCUT2D eigenvalue weighted by molar-refractivity contribution is 14.0. The number of rotatable bonds is 8. The van der Waals surface area contributed by atoms with Crippen molar-refractivity contribution < 1.29 is 14.3 Å². The lowest BCUT2D eigenvalue weighted by Gasteiger charge is -2.26. The van der Waals surface area contributed by atoms with Crippen LogP contribution in [0.3, 0.4) is 0 Å². The summed E-state index contributed by atoms with van der Waals surface area (Å²) in [5, 5.41) is 6.86. The van der Waals surface area contributed by atoms with Gasteiger partial charge in [0, 0.05) is 31.6 Å². The molecule has 180 valence electrons. The molecule has 1 aromatic rings. The molecule has 1 saturated carbocycles. The highest BCUT2D eigenvalue weighted by Gasteiger charge is 2.31. The van der Waals surface area contributed by atoms with Gasteiger partial charge in [0.05, 0.1) is 20.3 Å². The smallest absolute Gasteiger partial charge is 0.225 e. The summed E-state index contributed by atoms with van der Waals surface area (Å²) in [7, 11) is 1.65. The van der Waals surface area contributed by atoms with E-state index in [4.69, 9.17) is 14.5 Å². The molecule has 32 heavy (non-hydrogen) atoms. The second kappa shape index (κ2) is 13.7. The van der Waals surface area contributed by atoms with Gasteiger partial charge in [0.25, 0.3) is 0 Å². The lowest BCUT2D eigenvalue weighted by molar-refractivity contribution is -0.135. The minimum atomic E-state index is 0. The van der Waals surface area contributed by atoms with Gasteiger partial charge < -0.3 is 25.0 Å². The number of benzene rings is 1. The van der Waals surface area contributed by atoms with E-state index in [0.717, 1.165) is 61.9 Å². The molecular weight excluding hydrogens is 519 g/mol. The lowest BCUT2D eigenvalue weighted by Crippen LogP contribution is -2.45. The molecule has 2 aliphatic rings. The molecule has 1 aliphatic carbocycles. The second-order valence-electron chi connectivity index (χ2n) is 8.36. The Bertz CT molecular complexity index is 753. The summed E-state index contributed by atoms with van der Waals surface area (Å²) in [5.74, 6) is 2.85. The van der Waals surface area contributed by atoms with E-state index in [9.17, 15) is 4.79 Å². The molecule has 1 aliphatic heterocycles. The van der Waals surface area contributed by atoms with E-state index >= 15 is 0 Å². The molecule has 7 nitrogen and oxygen atoms in total. The number of amides is 1. The number of aliphatic imine (C=N–C) groups is 1. The topological polar surface area (TPSA) is 75.2 Å². The molecule has 1 aromatic carbocycles. The maximum absolute atomic E-state index is 12.8. The van der Waals surface area contributed by atoms with E-state index in [1.165, 1.54) is 19.3 Å². The third-order valence-electron chi connectivity index (χ3n) is 6.09. The molecular formula is C24H39IN4O3. The Labute approximate surface area is 209 Å². The van der Waals surface area contributed by atoms with Crippen molar-refractivity contribution in [2.45, 2.75) is 65.0 Å². The minimum Gasteiger partial charge on any atom is -0.493 e. The van der Waals surface area contributed by atoms with Crippen molar-refractivity contribution in [3.63, 3.8) is 0 Å². The molecule has 2 fully saturated rings. The van der Waals surface area contributed by atoms with Crippen LogP contribution in [0.2, 0.25) is 0 Å². The number of nitrogens with zero attached hydrogens (tertiary/aromatic N) is 2. The van der Waals surface area contributed by atoms with Crippen LogP contribution in [-0.4, -0.2) is 56.2 Å².